The number of benzene rings is 2. The molecule has 2 N–H and O–H groups in total. The van der Waals surface area contributed by atoms with Crippen molar-refractivity contribution in [2.45, 2.75) is 5.92 Å². The van der Waals surface area contributed by atoms with Crippen molar-refractivity contribution in [3.63, 3.8) is 0 Å². The van der Waals surface area contributed by atoms with Gasteiger partial charge >= 0.3 is 0 Å². The van der Waals surface area contributed by atoms with Crippen molar-refractivity contribution in [1.29, 1.82) is 0 Å². The SMILES string of the molecule is COc1cccc([C@H](CNc2ncnc3sccc23)c2c[nH]c3ccccc23)c1OC. The molecule has 1 atom stereocenters. The maximum absolute atomic E-state index is 5.78. The fraction of sp³-hybridized carbons (Fsp3) is 0.167. The molecule has 0 spiro atoms. The Bertz CT molecular complexity index is 1340. The molecule has 0 aliphatic heterocycles. The van der Waals surface area contributed by atoms with Gasteiger partial charge in [-0.1, -0.05) is 30.3 Å². The molecule has 0 saturated carbocycles. The standard InChI is InChI=1S/C24H22N4O2S/c1-29-21-9-5-7-16(22(21)30-2)19(18-12-25-20-8-4-3-6-15(18)20)13-26-23-17-10-11-31-24(17)28-14-27-23/h3-12,14,19,25H,13H2,1-2H3,(H,26,27,28)/t19-/m0/s1. The largest absolute Gasteiger partial charge is 0.493 e. The Balaban J connectivity index is 1.61. The van der Waals surface area contributed by atoms with Crippen LogP contribution < -0.4 is 14.8 Å². The lowest BCUT2D eigenvalue weighted by atomic mass is 9.89. The first-order valence-corrected chi connectivity index (χ1v) is 10.9. The zero-order chi connectivity index (χ0) is 21.2. The third kappa shape index (κ3) is 3.47. The number of hydrogen-bond donors (Lipinski definition) is 2. The van der Waals surface area contributed by atoms with Crippen molar-refractivity contribution in [1.82, 2.24) is 15.0 Å². The second kappa shape index (κ2) is 8.28. The Morgan fingerprint density at radius 1 is 0.968 bits per heavy atom. The van der Waals surface area contributed by atoms with Crippen LogP contribution in [0.15, 0.2) is 66.4 Å². The number of hydrogen-bond acceptors (Lipinski definition) is 6. The fourth-order valence-corrected chi connectivity index (χ4v) is 4.82. The number of nitrogens with zero attached hydrogens (tertiary/aromatic N) is 2. The van der Waals surface area contributed by atoms with E-state index in [1.54, 1.807) is 31.9 Å². The van der Waals surface area contributed by atoms with Crippen LogP contribution in [0.1, 0.15) is 17.0 Å². The minimum atomic E-state index is 0.00449. The van der Waals surface area contributed by atoms with Gasteiger partial charge in [0.15, 0.2) is 11.5 Å². The minimum Gasteiger partial charge on any atom is -0.493 e. The molecule has 156 valence electrons. The highest BCUT2D eigenvalue weighted by Crippen LogP contribution is 2.40. The molecule has 0 aliphatic carbocycles. The monoisotopic (exact) mass is 430 g/mol. The Labute approximate surface area is 183 Å². The van der Waals surface area contributed by atoms with Crippen molar-refractivity contribution in [3.05, 3.63) is 77.6 Å². The molecule has 31 heavy (non-hydrogen) atoms. The molecule has 7 heteroatoms. The van der Waals surface area contributed by atoms with Gasteiger partial charge in [0.05, 0.1) is 19.6 Å². The Hall–Kier alpha value is -3.58. The maximum Gasteiger partial charge on any atom is 0.164 e. The van der Waals surface area contributed by atoms with Crippen molar-refractivity contribution in [2.75, 3.05) is 26.1 Å². The fourth-order valence-electron chi connectivity index (χ4n) is 4.09. The highest BCUT2D eigenvalue weighted by molar-refractivity contribution is 7.16. The molecule has 3 aromatic heterocycles. The Morgan fingerprint density at radius 2 is 1.87 bits per heavy atom. The summed E-state index contributed by atoms with van der Waals surface area (Å²) in [6.45, 7) is 0.632. The van der Waals surface area contributed by atoms with Crippen LogP contribution in [0.3, 0.4) is 0 Å². The number of para-hydroxylation sites is 2. The van der Waals surface area contributed by atoms with Crippen LogP contribution in [0, 0.1) is 0 Å². The first-order chi connectivity index (χ1) is 15.3. The summed E-state index contributed by atoms with van der Waals surface area (Å²) in [4.78, 5) is 13.2. The highest BCUT2D eigenvalue weighted by atomic mass is 32.1. The summed E-state index contributed by atoms with van der Waals surface area (Å²) >= 11 is 1.61. The average Bonchev–Trinajstić information content (AvgIpc) is 3.47. The van der Waals surface area contributed by atoms with E-state index >= 15 is 0 Å². The van der Waals surface area contributed by atoms with Gasteiger partial charge in [0.1, 0.15) is 17.0 Å². The molecule has 2 aromatic carbocycles. The summed E-state index contributed by atoms with van der Waals surface area (Å²) in [6, 6.07) is 16.4. The van der Waals surface area contributed by atoms with Crippen molar-refractivity contribution >= 4 is 38.3 Å². The molecule has 5 aromatic rings. The second-order valence-corrected chi connectivity index (χ2v) is 8.06. The number of fused-ring (bicyclic) bond motifs is 2. The summed E-state index contributed by atoms with van der Waals surface area (Å²) in [5.74, 6) is 2.29. The smallest absolute Gasteiger partial charge is 0.164 e. The highest BCUT2D eigenvalue weighted by Gasteiger charge is 2.24. The second-order valence-electron chi connectivity index (χ2n) is 7.17. The predicted octanol–water partition coefficient (Wildman–Crippen LogP) is 5.43. The number of thiophene rings is 1. The van der Waals surface area contributed by atoms with Crippen LogP contribution in [0.5, 0.6) is 11.5 Å². The summed E-state index contributed by atoms with van der Waals surface area (Å²) in [5, 5.41) is 7.81. The van der Waals surface area contributed by atoms with Gasteiger partial charge in [0, 0.05) is 35.1 Å². The van der Waals surface area contributed by atoms with Crippen LogP contribution in [-0.2, 0) is 0 Å². The van der Waals surface area contributed by atoms with E-state index in [2.05, 4.69) is 56.8 Å². The van der Waals surface area contributed by atoms with Crippen molar-refractivity contribution < 1.29 is 9.47 Å². The summed E-state index contributed by atoms with van der Waals surface area (Å²) in [7, 11) is 3.34. The van der Waals surface area contributed by atoms with Gasteiger partial charge in [-0.05, 0) is 29.1 Å². The van der Waals surface area contributed by atoms with Gasteiger partial charge in [-0.3, -0.25) is 0 Å². The van der Waals surface area contributed by atoms with E-state index in [0.29, 0.717) is 12.3 Å². The summed E-state index contributed by atoms with van der Waals surface area (Å²) in [5.41, 5.74) is 3.34. The molecule has 0 bridgehead atoms. The predicted molar refractivity (Wildman–Crippen MR) is 126 cm³/mol. The number of anilines is 1. The number of H-pyrrole nitrogens is 1. The van der Waals surface area contributed by atoms with Crippen LogP contribution in [0.2, 0.25) is 0 Å². The van der Waals surface area contributed by atoms with E-state index in [1.807, 2.05) is 23.6 Å². The maximum atomic E-state index is 5.78. The van der Waals surface area contributed by atoms with E-state index in [1.165, 1.54) is 10.9 Å². The lowest BCUT2D eigenvalue weighted by Crippen LogP contribution is -2.16. The lowest BCUT2D eigenvalue weighted by Gasteiger charge is -2.22. The molecular formula is C24H22N4O2S. The molecule has 6 nitrogen and oxygen atoms in total. The van der Waals surface area contributed by atoms with Crippen LogP contribution in [0.25, 0.3) is 21.1 Å². The lowest BCUT2D eigenvalue weighted by molar-refractivity contribution is 0.350. The summed E-state index contributed by atoms with van der Waals surface area (Å²) in [6.07, 6.45) is 3.68. The number of aromatic nitrogens is 3. The molecule has 5 rings (SSSR count). The number of nitrogens with one attached hydrogen (secondary N) is 2. The third-order valence-corrected chi connectivity index (χ3v) is 6.36. The molecule has 0 saturated heterocycles. The molecule has 0 aliphatic rings. The Kier molecular flexibility index (Phi) is 5.18. The number of methoxy groups -OCH3 is 2. The van der Waals surface area contributed by atoms with E-state index in [9.17, 15) is 0 Å². The van der Waals surface area contributed by atoms with Gasteiger partial charge in [-0.25, -0.2) is 9.97 Å². The van der Waals surface area contributed by atoms with E-state index < -0.39 is 0 Å². The number of rotatable bonds is 7. The Morgan fingerprint density at radius 3 is 2.74 bits per heavy atom. The van der Waals surface area contributed by atoms with Crippen LogP contribution >= 0.6 is 11.3 Å². The van der Waals surface area contributed by atoms with Gasteiger partial charge in [-0.15, -0.1) is 11.3 Å². The van der Waals surface area contributed by atoms with Crippen molar-refractivity contribution in [2.24, 2.45) is 0 Å². The van der Waals surface area contributed by atoms with Gasteiger partial charge in [-0.2, -0.15) is 0 Å². The zero-order valence-electron chi connectivity index (χ0n) is 17.3. The molecule has 0 fully saturated rings. The van der Waals surface area contributed by atoms with Gasteiger partial charge < -0.3 is 19.8 Å². The number of ether oxygens (including phenoxy) is 2. The number of aromatic amines is 1. The molecule has 3 heterocycles. The first-order valence-electron chi connectivity index (χ1n) is 9.99. The van der Waals surface area contributed by atoms with Gasteiger partial charge in [0.25, 0.3) is 0 Å². The van der Waals surface area contributed by atoms with E-state index in [4.69, 9.17) is 9.47 Å². The molecule has 0 amide bonds. The summed E-state index contributed by atoms with van der Waals surface area (Å²) < 4.78 is 11.4. The minimum absolute atomic E-state index is 0.00449. The molecule has 0 radical (unpaired) electrons. The quantitative estimate of drug-likeness (QED) is 0.360. The topological polar surface area (TPSA) is 72.1 Å². The third-order valence-electron chi connectivity index (χ3n) is 5.54. The first kappa shape index (κ1) is 19.4. The van der Waals surface area contributed by atoms with E-state index in [0.717, 1.165) is 32.9 Å². The average molecular weight is 431 g/mol. The van der Waals surface area contributed by atoms with Crippen molar-refractivity contribution in [3.8, 4) is 11.5 Å². The van der Waals surface area contributed by atoms with Crippen LogP contribution in [0.4, 0.5) is 5.82 Å². The molecular weight excluding hydrogens is 408 g/mol. The van der Waals surface area contributed by atoms with Gasteiger partial charge in [0.2, 0.25) is 0 Å². The van der Waals surface area contributed by atoms with Crippen LogP contribution in [-0.4, -0.2) is 35.7 Å². The normalized spacial score (nSPS) is 12.2. The zero-order valence-corrected chi connectivity index (χ0v) is 18.1. The van der Waals surface area contributed by atoms with E-state index in [-0.39, 0.29) is 5.92 Å². The molecule has 0 unspecified atom stereocenters.